The van der Waals surface area contributed by atoms with Crippen LogP contribution >= 0.6 is 0 Å². The maximum atomic E-state index is 11.9. The summed E-state index contributed by atoms with van der Waals surface area (Å²) in [4.78, 5) is 11.9. The quantitative estimate of drug-likeness (QED) is 0.827. The average Bonchev–Trinajstić information content (AvgIpc) is 2.77. The monoisotopic (exact) mass is 248 g/mol. The fourth-order valence-electron chi connectivity index (χ4n) is 2.12. The van der Waals surface area contributed by atoms with Gasteiger partial charge in [0.25, 0.3) is 0 Å². The Morgan fingerprint density at radius 1 is 1.56 bits per heavy atom. The van der Waals surface area contributed by atoms with Crippen LogP contribution in [0.4, 0.5) is 0 Å². The van der Waals surface area contributed by atoms with Crippen LogP contribution in [0.1, 0.15) is 17.5 Å². The Morgan fingerprint density at radius 3 is 3.06 bits per heavy atom. The lowest BCUT2D eigenvalue weighted by Gasteiger charge is -2.20. The van der Waals surface area contributed by atoms with Gasteiger partial charge in [-0.15, -0.1) is 0 Å². The van der Waals surface area contributed by atoms with Gasteiger partial charge < -0.3 is 15.8 Å². The highest BCUT2D eigenvalue weighted by Gasteiger charge is 2.37. The number of amides is 1. The molecule has 18 heavy (non-hydrogen) atoms. The number of hydrogen-bond donors (Lipinski definition) is 2. The molecule has 1 atom stereocenters. The SMILES string of the molecule is Cc1cccc(CCNC(=O)C2(N)CCOC2)c1. The molecule has 4 nitrogen and oxygen atoms in total. The van der Waals surface area contributed by atoms with Crippen LogP contribution in [0.3, 0.4) is 0 Å². The summed E-state index contributed by atoms with van der Waals surface area (Å²) in [5.41, 5.74) is 7.60. The van der Waals surface area contributed by atoms with Crippen LogP contribution < -0.4 is 11.1 Å². The Kier molecular flexibility index (Phi) is 3.99. The van der Waals surface area contributed by atoms with Gasteiger partial charge in [-0.2, -0.15) is 0 Å². The fourth-order valence-corrected chi connectivity index (χ4v) is 2.12. The summed E-state index contributed by atoms with van der Waals surface area (Å²) in [7, 11) is 0. The van der Waals surface area contributed by atoms with Crippen molar-refractivity contribution in [3.05, 3.63) is 35.4 Å². The van der Waals surface area contributed by atoms with Crippen molar-refractivity contribution in [1.29, 1.82) is 0 Å². The van der Waals surface area contributed by atoms with E-state index in [1.165, 1.54) is 11.1 Å². The Hall–Kier alpha value is -1.39. The lowest BCUT2D eigenvalue weighted by Crippen LogP contribution is -2.54. The molecule has 0 spiro atoms. The van der Waals surface area contributed by atoms with E-state index in [2.05, 4.69) is 30.4 Å². The molecule has 2 rings (SSSR count). The standard InChI is InChI=1S/C14H20N2O2/c1-11-3-2-4-12(9-11)5-7-16-13(17)14(15)6-8-18-10-14/h2-4,9H,5-8,10,15H2,1H3,(H,16,17). The number of aryl methyl sites for hydroxylation is 1. The van der Waals surface area contributed by atoms with Crippen molar-refractivity contribution in [3.63, 3.8) is 0 Å². The Balaban J connectivity index is 1.80. The largest absolute Gasteiger partial charge is 0.379 e. The van der Waals surface area contributed by atoms with Crippen LogP contribution in [-0.4, -0.2) is 31.2 Å². The number of carbonyl (C=O) groups excluding carboxylic acids is 1. The van der Waals surface area contributed by atoms with E-state index in [4.69, 9.17) is 10.5 Å². The van der Waals surface area contributed by atoms with E-state index in [0.29, 0.717) is 26.2 Å². The molecule has 98 valence electrons. The first-order valence-corrected chi connectivity index (χ1v) is 6.31. The minimum atomic E-state index is -0.827. The number of rotatable bonds is 4. The Labute approximate surface area is 108 Å². The third-order valence-corrected chi connectivity index (χ3v) is 3.29. The van der Waals surface area contributed by atoms with Crippen LogP contribution in [-0.2, 0) is 16.0 Å². The van der Waals surface area contributed by atoms with Gasteiger partial charge in [-0.3, -0.25) is 4.79 Å². The number of hydrogen-bond acceptors (Lipinski definition) is 3. The number of carbonyl (C=O) groups is 1. The van der Waals surface area contributed by atoms with E-state index in [1.54, 1.807) is 0 Å². The number of benzene rings is 1. The van der Waals surface area contributed by atoms with Crippen molar-refractivity contribution in [3.8, 4) is 0 Å². The van der Waals surface area contributed by atoms with Crippen molar-refractivity contribution in [2.45, 2.75) is 25.3 Å². The van der Waals surface area contributed by atoms with Crippen molar-refractivity contribution in [2.75, 3.05) is 19.8 Å². The zero-order valence-corrected chi connectivity index (χ0v) is 10.7. The topological polar surface area (TPSA) is 64.4 Å². The number of nitrogens with two attached hydrogens (primary N) is 1. The predicted octanol–water partition coefficient (Wildman–Crippen LogP) is 0.772. The third-order valence-electron chi connectivity index (χ3n) is 3.29. The molecular formula is C14H20N2O2. The molecule has 1 unspecified atom stereocenters. The van der Waals surface area contributed by atoms with Gasteiger partial charge in [-0.1, -0.05) is 29.8 Å². The average molecular weight is 248 g/mol. The molecule has 0 aliphatic carbocycles. The van der Waals surface area contributed by atoms with Crippen molar-refractivity contribution < 1.29 is 9.53 Å². The molecule has 1 aliphatic rings. The molecule has 0 bridgehead atoms. The molecule has 1 saturated heterocycles. The minimum absolute atomic E-state index is 0.104. The van der Waals surface area contributed by atoms with Crippen LogP contribution in [0.25, 0.3) is 0 Å². The first-order chi connectivity index (χ1) is 8.60. The molecule has 1 aromatic rings. The maximum absolute atomic E-state index is 11.9. The van der Waals surface area contributed by atoms with Gasteiger partial charge in [0.15, 0.2) is 0 Å². The van der Waals surface area contributed by atoms with Gasteiger partial charge in [0.2, 0.25) is 5.91 Å². The molecule has 1 fully saturated rings. The molecule has 0 saturated carbocycles. The zero-order valence-electron chi connectivity index (χ0n) is 10.7. The van der Waals surface area contributed by atoms with Gasteiger partial charge in [-0.05, 0) is 25.3 Å². The smallest absolute Gasteiger partial charge is 0.242 e. The molecule has 0 radical (unpaired) electrons. The highest BCUT2D eigenvalue weighted by molar-refractivity contribution is 5.86. The van der Waals surface area contributed by atoms with E-state index in [0.717, 1.165) is 6.42 Å². The lowest BCUT2D eigenvalue weighted by molar-refractivity contribution is -0.126. The second-order valence-corrected chi connectivity index (χ2v) is 4.95. The summed E-state index contributed by atoms with van der Waals surface area (Å²) < 4.78 is 5.18. The molecular weight excluding hydrogens is 228 g/mol. The van der Waals surface area contributed by atoms with Crippen LogP contribution in [0, 0.1) is 6.92 Å². The Morgan fingerprint density at radius 2 is 2.39 bits per heavy atom. The molecule has 3 N–H and O–H groups in total. The number of nitrogens with one attached hydrogen (secondary N) is 1. The van der Waals surface area contributed by atoms with E-state index < -0.39 is 5.54 Å². The number of ether oxygens (including phenoxy) is 1. The molecule has 1 aromatic carbocycles. The van der Waals surface area contributed by atoms with Gasteiger partial charge in [-0.25, -0.2) is 0 Å². The summed E-state index contributed by atoms with van der Waals surface area (Å²) in [5, 5.41) is 2.89. The van der Waals surface area contributed by atoms with Crippen molar-refractivity contribution >= 4 is 5.91 Å². The molecule has 4 heteroatoms. The normalized spacial score (nSPS) is 23.0. The first kappa shape index (κ1) is 13.1. The highest BCUT2D eigenvalue weighted by Crippen LogP contribution is 2.15. The van der Waals surface area contributed by atoms with Gasteiger partial charge in [0.1, 0.15) is 5.54 Å². The van der Waals surface area contributed by atoms with Crippen LogP contribution in [0.5, 0.6) is 0 Å². The second kappa shape index (κ2) is 5.50. The minimum Gasteiger partial charge on any atom is -0.379 e. The predicted molar refractivity (Wildman–Crippen MR) is 70.2 cm³/mol. The van der Waals surface area contributed by atoms with Gasteiger partial charge in [0, 0.05) is 13.2 Å². The van der Waals surface area contributed by atoms with E-state index in [1.807, 2.05) is 6.07 Å². The highest BCUT2D eigenvalue weighted by atomic mass is 16.5. The zero-order chi connectivity index (χ0) is 13.0. The van der Waals surface area contributed by atoms with Crippen LogP contribution in [0.2, 0.25) is 0 Å². The first-order valence-electron chi connectivity index (χ1n) is 6.31. The van der Waals surface area contributed by atoms with Crippen LogP contribution in [0.15, 0.2) is 24.3 Å². The Bertz CT molecular complexity index is 426. The molecule has 1 amide bonds. The fraction of sp³-hybridized carbons (Fsp3) is 0.500. The van der Waals surface area contributed by atoms with Crippen molar-refractivity contribution in [1.82, 2.24) is 5.32 Å². The molecule has 1 aliphatic heterocycles. The van der Waals surface area contributed by atoms with E-state index in [9.17, 15) is 4.79 Å². The summed E-state index contributed by atoms with van der Waals surface area (Å²) in [5.74, 6) is -0.104. The summed E-state index contributed by atoms with van der Waals surface area (Å²) in [6, 6.07) is 8.29. The lowest BCUT2D eigenvalue weighted by atomic mass is 9.99. The maximum Gasteiger partial charge on any atom is 0.242 e. The van der Waals surface area contributed by atoms with Gasteiger partial charge >= 0.3 is 0 Å². The summed E-state index contributed by atoms with van der Waals surface area (Å²) in [6.45, 7) is 3.57. The van der Waals surface area contributed by atoms with E-state index >= 15 is 0 Å². The van der Waals surface area contributed by atoms with Gasteiger partial charge in [0.05, 0.1) is 6.61 Å². The molecule has 0 aromatic heterocycles. The second-order valence-electron chi connectivity index (χ2n) is 4.95. The van der Waals surface area contributed by atoms with E-state index in [-0.39, 0.29) is 5.91 Å². The summed E-state index contributed by atoms with van der Waals surface area (Å²) >= 11 is 0. The third kappa shape index (κ3) is 3.09. The summed E-state index contributed by atoms with van der Waals surface area (Å²) in [6.07, 6.45) is 1.42. The van der Waals surface area contributed by atoms with Crippen molar-refractivity contribution in [2.24, 2.45) is 5.73 Å². The molecule has 1 heterocycles.